The van der Waals surface area contributed by atoms with Gasteiger partial charge in [-0.1, -0.05) is 90.0 Å². The third-order valence-electron chi connectivity index (χ3n) is 5.87. The molecule has 0 aliphatic heterocycles. The van der Waals surface area contributed by atoms with Crippen molar-refractivity contribution in [2.24, 2.45) is 0 Å². The molecule has 0 saturated heterocycles. The number of carbonyl (C=O) groups is 1. The molecule has 0 aromatic heterocycles. The quantitative estimate of drug-likeness (QED) is 0.344. The van der Waals surface area contributed by atoms with Crippen molar-refractivity contribution in [2.45, 2.75) is 24.8 Å². The molecule has 184 valence electrons. The molecule has 0 aliphatic rings. The molecule has 7 heteroatoms. The van der Waals surface area contributed by atoms with Crippen LogP contribution in [0.15, 0.2) is 108 Å². The van der Waals surface area contributed by atoms with Crippen LogP contribution in [-0.4, -0.2) is 20.9 Å². The lowest BCUT2D eigenvalue weighted by Gasteiger charge is -2.26. The maximum atomic E-state index is 14.8. The van der Waals surface area contributed by atoms with Crippen molar-refractivity contribution in [3.05, 3.63) is 131 Å². The molecule has 0 unspecified atom stereocenters. The van der Waals surface area contributed by atoms with Crippen molar-refractivity contribution in [3.63, 3.8) is 0 Å². The maximum Gasteiger partial charge on any atom is 0.264 e. The summed E-state index contributed by atoms with van der Waals surface area (Å²) in [5.74, 6) is -1.30. The Morgan fingerprint density at radius 1 is 0.778 bits per heavy atom. The van der Waals surface area contributed by atoms with Gasteiger partial charge in [-0.05, 0) is 49.2 Å². The zero-order chi connectivity index (χ0) is 25.7. The number of nitrogens with one attached hydrogen (secondary N) is 1. The molecule has 4 aromatic rings. The van der Waals surface area contributed by atoms with Gasteiger partial charge in [-0.25, -0.2) is 12.8 Å². The first-order chi connectivity index (χ1) is 17.3. The third kappa shape index (κ3) is 5.63. The molecule has 1 amide bonds. The molecular weight excluding hydrogens is 475 g/mol. The highest BCUT2D eigenvalue weighted by Crippen LogP contribution is 2.27. The molecule has 4 rings (SSSR count). The van der Waals surface area contributed by atoms with Gasteiger partial charge in [0.25, 0.3) is 10.0 Å². The van der Waals surface area contributed by atoms with Crippen molar-refractivity contribution >= 4 is 21.6 Å². The number of sulfonamides is 1. The lowest BCUT2D eigenvalue weighted by molar-refractivity contribution is -0.120. The van der Waals surface area contributed by atoms with E-state index in [-0.39, 0.29) is 10.6 Å². The van der Waals surface area contributed by atoms with E-state index in [9.17, 15) is 17.6 Å². The number of benzene rings is 4. The van der Waals surface area contributed by atoms with Gasteiger partial charge in [0.1, 0.15) is 12.4 Å². The van der Waals surface area contributed by atoms with Crippen LogP contribution in [0.4, 0.5) is 10.1 Å². The topological polar surface area (TPSA) is 66.5 Å². The van der Waals surface area contributed by atoms with Crippen molar-refractivity contribution in [3.8, 4) is 0 Å². The Kier molecular flexibility index (Phi) is 7.50. The molecule has 0 fully saturated rings. The molecule has 0 radical (unpaired) electrons. The average Bonchev–Trinajstić information content (AvgIpc) is 2.88. The van der Waals surface area contributed by atoms with E-state index in [1.54, 1.807) is 12.1 Å². The van der Waals surface area contributed by atoms with Crippen LogP contribution < -0.4 is 9.62 Å². The Labute approximate surface area is 211 Å². The van der Waals surface area contributed by atoms with E-state index in [1.807, 2.05) is 68.4 Å². The summed E-state index contributed by atoms with van der Waals surface area (Å²) in [6, 6.07) is 28.4. The van der Waals surface area contributed by atoms with E-state index < -0.39 is 34.3 Å². The smallest absolute Gasteiger partial charge is 0.264 e. The molecule has 5 nitrogen and oxygen atoms in total. The van der Waals surface area contributed by atoms with Gasteiger partial charge < -0.3 is 5.32 Å². The van der Waals surface area contributed by atoms with Crippen LogP contribution in [0, 0.1) is 19.7 Å². The summed E-state index contributed by atoms with van der Waals surface area (Å²) in [7, 11) is -4.23. The second kappa shape index (κ2) is 10.7. The number of carbonyl (C=O) groups excluding carboxylic acids is 1. The Morgan fingerprint density at radius 2 is 1.31 bits per heavy atom. The van der Waals surface area contributed by atoms with Crippen LogP contribution in [0.3, 0.4) is 0 Å². The minimum Gasteiger partial charge on any atom is -0.344 e. The van der Waals surface area contributed by atoms with Crippen LogP contribution >= 0.6 is 0 Å². The van der Waals surface area contributed by atoms with Crippen molar-refractivity contribution in [1.29, 1.82) is 0 Å². The minimum absolute atomic E-state index is 0.0257. The first-order valence-electron chi connectivity index (χ1n) is 11.5. The summed E-state index contributed by atoms with van der Waals surface area (Å²) in [6.07, 6.45) is 0. The van der Waals surface area contributed by atoms with Crippen LogP contribution in [0.1, 0.15) is 28.3 Å². The van der Waals surface area contributed by atoms with E-state index >= 15 is 0 Å². The zero-order valence-corrected chi connectivity index (χ0v) is 20.9. The number of amides is 1. The van der Waals surface area contributed by atoms with Crippen molar-refractivity contribution in [1.82, 2.24) is 5.32 Å². The predicted molar refractivity (Wildman–Crippen MR) is 140 cm³/mol. The lowest BCUT2D eigenvalue weighted by Crippen LogP contribution is -2.42. The average molecular weight is 503 g/mol. The summed E-state index contributed by atoms with van der Waals surface area (Å²) in [5, 5.41) is 2.95. The monoisotopic (exact) mass is 502 g/mol. The molecule has 0 spiro atoms. The summed E-state index contributed by atoms with van der Waals surface area (Å²) in [5.41, 5.74) is 3.45. The van der Waals surface area contributed by atoms with E-state index in [0.29, 0.717) is 0 Å². The van der Waals surface area contributed by atoms with Crippen molar-refractivity contribution < 1.29 is 17.6 Å². The summed E-state index contributed by atoms with van der Waals surface area (Å²) < 4.78 is 42.8. The molecule has 0 heterocycles. The number of halogens is 1. The van der Waals surface area contributed by atoms with Gasteiger partial charge in [-0.2, -0.15) is 0 Å². The number of anilines is 1. The fourth-order valence-electron chi connectivity index (χ4n) is 3.89. The van der Waals surface area contributed by atoms with E-state index in [4.69, 9.17) is 0 Å². The summed E-state index contributed by atoms with van der Waals surface area (Å²) in [4.78, 5) is 13.3. The minimum atomic E-state index is -4.23. The van der Waals surface area contributed by atoms with Gasteiger partial charge >= 0.3 is 0 Å². The number of rotatable bonds is 8. The van der Waals surface area contributed by atoms with Gasteiger partial charge in [0.2, 0.25) is 5.91 Å². The van der Waals surface area contributed by atoms with Gasteiger partial charge in [0.15, 0.2) is 0 Å². The van der Waals surface area contributed by atoms with E-state index in [2.05, 4.69) is 5.32 Å². The molecule has 1 atom stereocenters. The van der Waals surface area contributed by atoms with E-state index in [0.717, 1.165) is 26.6 Å². The molecule has 0 aliphatic carbocycles. The second-order valence-electron chi connectivity index (χ2n) is 8.60. The third-order valence-corrected chi connectivity index (χ3v) is 7.64. The highest BCUT2D eigenvalue weighted by molar-refractivity contribution is 7.92. The Balaban J connectivity index is 1.69. The summed E-state index contributed by atoms with van der Waals surface area (Å²) in [6.45, 7) is 3.22. The fraction of sp³-hybridized carbons (Fsp3) is 0.138. The number of para-hydroxylation sites is 1. The number of aryl methyl sites for hydroxylation is 2. The molecule has 0 saturated carbocycles. The van der Waals surface area contributed by atoms with Crippen LogP contribution in [-0.2, 0) is 14.8 Å². The standard InChI is InChI=1S/C29H27FN2O3S/c1-21-12-16-24(17-13-21)29(23-8-4-3-5-9-23)31-28(33)20-32(27-11-7-6-10-26(27)30)36(34,35)25-18-14-22(2)15-19-25/h3-19,29H,20H2,1-2H3,(H,31,33)/t29-/m0/s1. The van der Waals surface area contributed by atoms with Gasteiger partial charge in [-0.15, -0.1) is 0 Å². The molecule has 1 N–H and O–H groups in total. The van der Waals surface area contributed by atoms with Crippen LogP contribution in [0.25, 0.3) is 0 Å². The maximum absolute atomic E-state index is 14.8. The largest absolute Gasteiger partial charge is 0.344 e. The van der Waals surface area contributed by atoms with Gasteiger partial charge in [-0.3, -0.25) is 9.10 Å². The van der Waals surface area contributed by atoms with Gasteiger partial charge in [0, 0.05) is 0 Å². The van der Waals surface area contributed by atoms with Crippen LogP contribution in [0.2, 0.25) is 0 Å². The lowest BCUT2D eigenvalue weighted by atomic mass is 9.98. The Bertz CT molecular complexity index is 1440. The van der Waals surface area contributed by atoms with E-state index in [1.165, 1.54) is 36.4 Å². The first-order valence-corrected chi connectivity index (χ1v) is 12.9. The number of nitrogens with zero attached hydrogens (tertiary/aromatic N) is 1. The molecular formula is C29H27FN2O3S. The number of hydrogen-bond acceptors (Lipinski definition) is 3. The predicted octanol–water partition coefficient (Wildman–Crippen LogP) is 5.54. The Morgan fingerprint density at radius 3 is 1.92 bits per heavy atom. The molecule has 4 aromatic carbocycles. The first kappa shape index (κ1) is 25.1. The van der Waals surface area contributed by atoms with Gasteiger partial charge in [0.05, 0.1) is 16.6 Å². The number of hydrogen-bond donors (Lipinski definition) is 1. The summed E-state index contributed by atoms with van der Waals surface area (Å²) >= 11 is 0. The second-order valence-corrected chi connectivity index (χ2v) is 10.5. The zero-order valence-electron chi connectivity index (χ0n) is 20.1. The SMILES string of the molecule is Cc1ccc([C@@H](NC(=O)CN(c2ccccc2F)S(=O)(=O)c2ccc(C)cc2)c2ccccc2)cc1. The van der Waals surface area contributed by atoms with Crippen LogP contribution in [0.5, 0.6) is 0 Å². The molecule has 0 bridgehead atoms. The highest BCUT2D eigenvalue weighted by atomic mass is 32.2. The normalized spacial score (nSPS) is 12.1. The van der Waals surface area contributed by atoms with Crippen molar-refractivity contribution in [2.75, 3.05) is 10.8 Å². The molecule has 36 heavy (non-hydrogen) atoms. The highest BCUT2D eigenvalue weighted by Gasteiger charge is 2.30. The Hall–Kier alpha value is -3.97. The fourth-order valence-corrected chi connectivity index (χ4v) is 5.32.